The fourth-order valence-corrected chi connectivity index (χ4v) is 4.45. The number of ether oxygens (including phenoxy) is 3. The molecule has 1 aromatic rings. The Balaban J connectivity index is 0.00000341. The van der Waals surface area contributed by atoms with Crippen molar-refractivity contribution in [3.05, 3.63) is 29.3 Å². The summed E-state index contributed by atoms with van der Waals surface area (Å²) in [6, 6.07) is 6.39. The number of guanidine groups is 1. The van der Waals surface area contributed by atoms with Crippen molar-refractivity contribution in [2.24, 2.45) is 10.4 Å². The summed E-state index contributed by atoms with van der Waals surface area (Å²) in [5.41, 5.74) is 2.67. The van der Waals surface area contributed by atoms with Crippen molar-refractivity contribution in [1.29, 1.82) is 0 Å². The number of rotatable bonds is 10. The average molecular weight is 546 g/mol. The number of benzene rings is 1. The molecule has 6 nitrogen and oxygen atoms in total. The lowest BCUT2D eigenvalue weighted by Gasteiger charge is -2.30. The van der Waals surface area contributed by atoms with Crippen molar-refractivity contribution >= 4 is 29.9 Å². The van der Waals surface area contributed by atoms with E-state index in [9.17, 15) is 0 Å². The molecule has 2 N–H and O–H groups in total. The van der Waals surface area contributed by atoms with E-state index in [1.165, 1.54) is 31.2 Å². The normalized spacial score (nSPS) is 20.4. The van der Waals surface area contributed by atoms with E-state index in [1.54, 1.807) is 0 Å². The van der Waals surface area contributed by atoms with Gasteiger partial charge in [0.15, 0.2) is 5.96 Å². The lowest BCUT2D eigenvalue weighted by Crippen LogP contribution is -2.43. The molecule has 1 heterocycles. The molecule has 1 unspecified atom stereocenters. The molecule has 0 radical (unpaired) electrons. The van der Waals surface area contributed by atoms with Crippen LogP contribution in [0.4, 0.5) is 0 Å². The fraction of sp³-hybridized carbons (Fsp3) is 0.708. The predicted octanol–water partition coefficient (Wildman–Crippen LogP) is 4.43. The van der Waals surface area contributed by atoms with Crippen LogP contribution in [0.3, 0.4) is 0 Å². The van der Waals surface area contributed by atoms with Crippen LogP contribution in [0.1, 0.15) is 56.6 Å². The highest BCUT2D eigenvalue weighted by Crippen LogP contribution is 2.40. The van der Waals surface area contributed by atoms with Gasteiger partial charge in [0.2, 0.25) is 0 Å². The molecule has 1 saturated heterocycles. The van der Waals surface area contributed by atoms with E-state index in [1.807, 2.05) is 7.05 Å². The molecule has 2 aliphatic rings. The fourth-order valence-electron chi connectivity index (χ4n) is 4.45. The van der Waals surface area contributed by atoms with Crippen LogP contribution in [0.25, 0.3) is 0 Å². The minimum Gasteiger partial charge on any atom is -0.488 e. The zero-order valence-corrected chi connectivity index (χ0v) is 21.7. The summed E-state index contributed by atoms with van der Waals surface area (Å²) in [5.74, 6) is 1.78. The molecular formula is C24H40IN3O3. The monoisotopic (exact) mass is 545 g/mol. The molecule has 31 heavy (non-hydrogen) atoms. The molecule has 0 aromatic heterocycles. The van der Waals surface area contributed by atoms with E-state index >= 15 is 0 Å². The quantitative estimate of drug-likeness (QED) is 0.197. The van der Waals surface area contributed by atoms with Gasteiger partial charge in [-0.25, -0.2) is 0 Å². The van der Waals surface area contributed by atoms with Crippen LogP contribution in [-0.2, 0) is 16.0 Å². The van der Waals surface area contributed by atoms with Gasteiger partial charge in [0.1, 0.15) is 11.9 Å². The molecule has 1 aliphatic carbocycles. The molecular weight excluding hydrogens is 505 g/mol. The van der Waals surface area contributed by atoms with Gasteiger partial charge in [0, 0.05) is 45.3 Å². The van der Waals surface area contributed by atoms with Crippen molar-refractivity contribution < 1.29 is 14.2 Å². The number of aliphatic imine (C=N–C) groups is 1. The zero-order chi connectivity index (χ0) is 21.2. The standard InChI is InChI=1S/C24H39N3O3.HI/c1-4-28-14-12-24(10-5-6-11-24)18-27-23(25-3)26-16-20-8-7-19(2)15-22(20)30-21-9-13-29-17-21;/h7-8,15,21H,4-6,9-14,16-18H2,1-3H3,(H2,25,26,27);1H. The Hall–Kier alpha value is -1.06. The van der Waals surface area contributed by atoms with E-state index in [-0.39, 0.29) is 30.1 Å². The largest absolute Gasteiger partial charge is 0.488 e. The van der Waals surface area contributed by atoms with Crippen molar-refractivity contribution in [3.63, 3.8) is 0 Å². The second-order valence-electron chi connectivity index (χ2n) is 8.65. The highest BCUT2D eigenvalue weighted by atomic mass is 127. The number of halogens is 1. The minimum absolute atomic E-state index is 0. The van der Waals surface area contributed by atoms with Gasteiger partial charge in [-0.1, -0.05) is 25.0 Å². The summed E-state index contributed by atoms with van der Waals surface area (Å²) in [4.78, 5) is 4.44. The molecule has 2 fully saturated rings. The maximum atomic E-state index is 6.23. The van der Waals surface area contributed by atoms with Crippen LogP contribution in [0.5, 0.6) is 5.75 Å². The zero-order valence-electron chi connectivity index (χ0n) is 19.4. The molecule has 7 heteroatoms. The van der Waals surface area contributed by atoms with Crippen molar-refractivity contribution in [2.75, 3.05) is 40.0 Å². The van der Waals surface area contributed by atoms with Crippen LogP contribution in [0.15, 0.2) is 23.2 Å². The van der Waals surface area contributed by atoms with E-state index in [0.717, 1.165) is 56.5 Å². The predicted molar refractivity (Wildman–Crippen MR) is 137 cm³/mol. The van der Waals surface area contributed by atoms with Gasteiger partial charge >= 0.3 is 0 Å². The first kappa shape index (κ1) is 26.2. The second-order valence-corrected chi connectivity index (χ2v) is 8.65. The Morgan fingerprint density at radius 2 is 2.06 bits per heavy atom. The summed E-state index contributed by atoms with van der Waals surface area (Å²) >= 11 is 0. The Morgan fingerprint density at radius 3 is 2.74 bits per heavy atom. The van der Waals surface area contributed by atoms with Crippen LogP contribution in [-0.4, -0.2) is 52.1 Å². The Morgan fingerprint density at radius 1 is 1.26 bits per heavy atom. The molecule has 1 atom stereocenters. The smallest absolute Gasteiger partial charge is 0.191 e. The van der Waals surface area contributed by atoms with Crippen LogP contribution in [0, 0.1) is 12.3 Å². The molecule has 0 spiro atoms. The first-order chi connectivity index (χ1) is 14.6. The molecule has 3 rings (SSSR count). The average Bonchev–Trinajstić information content (AvgIpc) is 3.42. The summed E-state index contributed by atoms with van der Waals surface area (Å²) < 4.78 is 17.3. The first-order valence-electron chi connectivity index (χ1n) is 11.5. The highest BCUT2D eigenvalue weighted by molar-refractivity contribution is 14.0. The van der Waals surface area contributed by atoms with Crippen LogP contribution >= 0.6 is 24.0 Å². The van der Waals surface area contributed by atoms with E-state index in [4.69, 9.17) is 14.2 Å². The molecule has 0 amide bonds. The van der Waals surface area contributed by atoms with Crippen LogP contribution < -0.4 is 15.4 Å². The Kier molecular flexibility index (Phi) is 11.4. The first-order valence-corrected chi connectivity index (χ1v) is 11.5. The van der Waals surface area contributed by atoms with Crippen LogP contribution in [0.2, 0.25) is 0 Å². The highest BCUT2D eigenvalue weighted by Gasteiger charge is 2.33. The van der Waals surface area contributed by atoms with Gasteiger partial charge in [0.25, 0.3) is 0 Å². The van der Waals surface area contributed by atoms with Crippen molar-refractivity contribution in [1.82, 2.24) is 10.6 Å². The van der Waals surface area contributed by atoms with Crippen molar-refractivity contribution in [3.8, 4) is 5.75 Å². The summed E-state index contributed by atoms with van der Waals surface area (Å²) in [5, 5.41) is 7.05. The number of hydrogen-bond donors (Lipinski definition) is 2. The molecule has 1 aliphatic heterocycles. The van der Waals surface area contributed by atoms with Gasteiger partial charge in [-0.2, -0.15) is 0 Å². The van der Waals surface area contributed by atoms with Gasteiger partial charge in [0.05, 0.1) is 13.2 Å². The third-order valence-electron chi connectivity index (χ3n) is 6.35. The molecule has 0 bridgehead atoms. The molecule has 1 saturated carbocycles. The second kappa shape index (κ2) is 13.5. The number of nitrogens with one attached hydrogen (secondary N) is 2. The third kappa shape index (κ3) is 8.09. The summed E-state index contributed by atoms with van der Waals surface area (Å²) in [6.45, 7) is 8.87. The van der Waals surface area contributed by atoms with Gasteiger partial charge < -0.3 is 24.8 Å². The van der Waals surface area contributed by atoms with Gasteiger partial charge in [-0.05, 0) is 50.2 Å². The maximum absolute atomic E-state index is 6.23. The number of aryl methyl sites for hydroxylation is 1. The topological polar surface area (TPSA) is 64.1 Å². The summed E-state index contributed by atoms with van der Waals surface area (Å²) in [6.07, 6.45) is 7.38. The van der Waals surface area contributed by atoms with E-state index in [0.29, 0.717) is 18.6 Å². The SMILES string of the molecule is CCOCCC1(CNC(=NC)NCc2ccc(C)cc2OC2CCOC2)CCCC1.I. The molecule has 1 aromatic carbocycles. The lowest BCUT2D eigenvalue weighted by molar-refractivity contribution is 0.105. The number of hydrogen-bond acceptors (Lipinski definition) is 4. The third-order valence-corrected chi connectivity index (χ3v) is 6.35. The van der Waals surface area contributed by atoms with Crippen molar-refractivity contribution in [2.45, 2.75) is 65.0 Å². The van der Waals surface area contributed by atoms with Gasteiger partial charge in [-0.3, -0.25) is 4.99 Å². The molecule has 176 valence electrons. The minimum atomic E-state index is 0. The number of nitrogens with zero attached hydrogens (tertiary/aromatic N) is 1. The van der Waals surface area contributed by atoms with E-state index in [2.05, 4.69) is 47.7 Å². The maximum Gasteiger partial charge on any atom is 0.191 e. The Bertz CT molecular complexity index is 687. The van der Waals surface area contributed by atoms with E-state index < -0.39 is 0 Å². The summed E-state index contributed by atoms with van der Waals surface area (Å²) in [7, 11) is 1.83. The lowest BCUT2D eigenvalue weighted by atomic mass is 9.83. The Labute approximate surface area is 204 Å². The van der Waals surface area contributed by atoms with Gasteiger partial charge in [-0.15, -0.1) is 24.0 Å².